The van der Waals surface area contributed by atoms with Gasteiger partial charge in [-0.25, -0.2) is 0 Å². The van der Waals surface area contributed by atoms with E-state index in [0.717, 1.165) is 24.3 Å². The molecule has 1 unspecified atom stereocenters. The van der Waals surface area contributed by atoms with Crippen molar-refractivity contribution in [2.75, 3.05) is 6.61 Å². The molecule has 0 saturated heterocycles. The first-order valence-corrected chi connectivity index (χ1v) is 6.73. The van der Waals surface area contributed by atoms with E-state index in [-0.39, 0.29) is 12.6 Å². The van der Waals surface area contributed by atoms with Crippen molar-refractivity contribution in [2.24, 2.45) is 0 Å². The van der Waals surface area contributed by atoms with E-state index in [4.69, 9.17) is 16.7 Å². The van der Waals surface area contributed by atoms with Gasteiger partial charge in [0.15, 0.2) is 0 Å². The van der Waals surface area contributed by atoms with E-state index in [1.54, 1.807) is 0 Å². The summed E-state index contributed by atoms with van der Waals surface area (Å²) in [6.45, 7) is 2.33. The fourth-order valence-electron chi connectivity index (χ4n) is 2.42. The van der Waals surface area contributed by atoms with Crippen molar-refractivity contribution >= 4 is 11.6 Å². The van der Waals surface area contributed by atoms with Gasteiger partial charge in [0.05, 0.1) is 6.61 Å². The molecule has 17 heavy (non-hydrogen) atoms. The topological polar surface area (TPSA) is 32.3 Å². The van der Waals surface area contributed by atoms with Crippen LogP contribution in [0.1, 0.15) is 37.7 Å². The number of hydrogen-bond donors (Lipinski definition) is 2. The summed E-state index contributed by atoms with van der Waals surface area (Å²) in [4.78, 5) is 0. The molecule has 1 aromatic rings. The molecule has 94 valence electrons. The maximum absolute atomic E-state index is 9.13. The van der Waals surface area contributed by atoms with Crippen LogP contribution in [-0.2, 0) is 0 Å². The molecule has 3 heteroatoms. The largest absolute Gasteiger partial charge is 0.395 e. The fraction of sp³-hybridized carbons (Fsp3) is 0.571. The van der Waals surface area contributed by atoms with E-state index in [9.17, 15) is 0 Å². The molecule has 0 amide bonds. The van der Waals surface area contributed by atoms with Crippen LogP contribution in [0.3, 0.4) is 0 Å². The van der Waals surface area contributed by atoms with Gasteiger partial charge in [0.2, 0.25) is 0 Å². The van der Waals surface area contributed by atoms with Gasteiger partial charge in [0, 0.05) is 17.1 Å². The molecule has 1 saturated carbocycles. The SMILES string of the molecule is CCC(CO)NC1CC(c2cccc(Cl)c2)C1. The zero-order valence-electron chi connectivity index (χ0n) is 10.2. The number of aliphatic hydroxyl groups is 1. The number of aliphatic hydroxyl groups excluding tert-OH is 1. The molecule has 1 aliphatic rings. The molecule has 0 bridgehead atoms. The van der Waals surface area contributed by atoms with Gasteiger partial charge in [-0.3, -0.25) is 0 Å². The number of rotatable bonds is 5. The van der Waals surface area contributed by atoms with Gasteiger partial charge in [0.25, 0.3) is 0 Å². The van der Waals surface area contributed by atoms with Crippen LogP contribution in [0.2, 0.25) is 5.02 Å². The molecule has 0 heterocycles. The number of nitrogens with one attached hydrogen (secondary N) is 1. The van der Waals surface area contributed by atoms with Crippen molar-refractivity contribution in [1.82, 2.24) is 5.32 Å². The van der Waals surface area contributed by atoms with E-state index < -0.39 is 0 Å². The quantitative estimate of drug-likeness (QED) is 0.846. The van der Waals surface area contributed by atoms with E-state index in [2.05, 4.69) is 24.4 Å². The molecule has 0 spiro atoms. The lowest BCUT2D eigenvalue weighted by atomic mass is 9.75. The van der Waals surface area contributed by atoms with Crippen LogP contribution in [-0.4, -0.2) is 23.8 Å². The number of hydrogen-bond acceptors (Lipinski definition) is 2. The average molecular weight is 254 g/mol. The van der Waals surface area contributed by atoms with Crippen molar-refractivity contribution in [3.63, 3.8) is 0 Å². The lowest BCUT2D eigenvalue weighted by molar-refractivity contribution is 0.193. The van der Waals surface area contributed by atoms with E-state index in [1.807, 2.05) is 12.1 Å². The Kier molecular flexibility index (Phi) is 4.43. The average Bonchev–Trinajstić information content (AvgIpc) is 2.28. The summed E-state index contributed by atoms with van der Waals surface area (Å²) >= 11 is 5.99. The zero-order chi connectivity index (χ0) is 12.3. The maximum atomic E-state index is 9.13. The van der Waals surface area contributed by atoms with Gasteiger partial charge in [-0.1, -0.05) is 30.7 Å². The summed E-state index contributed by atoms with van der Waals surface area (Å²) in [5.74, 6) is 0.627. The Balaban J connectivity index is 1.82. The van der Waals surface area contributed by atoms with Crippen molar-refractivity contribution in [3.05, 3.63) is 34.9 Å². The summed E-state index contributed by atoms with van der Waals surface area (Å²) in [5.41, 5.74) is 1.34. The lowest BCUT2D eigenvalue weighted by Gasteiger charge is -2.38. The second kappa shape index (κ2) is 5.85. The van der Waals surface area contributed by atoms with Crippen LogP contribution in [0.5, 0.6) is 0 Å². The minimum absolute atomic E-state index is 0.231. The summed E-state index contributed by atoms with van der Waals surface area (Å²) in [6.07, 6.45) is 3.28. The van der Waals surface area contributed by atoms with E-state index in [1.165, 1.54) is 5.56 Å². The fourth-order valence-corrected chi connectivity index (χ4v) is 2.62. The number of halogens is 1. The van der Waals surface area contributed by atoms with Crippen LogP contribution in [0.15, 0.2) is 24.3 Å². The molecule has 2 nitrogen and oxygen atoms in total. The Morgan fingerprint density at radius 1 is 1.47 bits per heavy atom. The third-order valence-corrected chi connectivity index (χ3v) is 3.88. The van der Waals surface area contributed by atoms with Gasteiger partial charge in [0.1, 0.15) is 0 Å². The Morgan fingerprint density at radius 3 is 2.82 bits per heavy atom. The zero-order valence-corrected chi connectivity index (χ0v) is 11.0. The highest BCUT2D eigenvalue weighted by Gasteiger charge is 2.31. The van der Waals surface area contributed by atoms with Gasteiger partial charge in [-0.15, -0.1) is 0 Å². The van der Waals surface area contributed by atoms with Crippen molar-refractivity contribution < 1.29 is 5.11 Å². The predicted molar refractivity (Wildman–Crippen MR) is 71.5 cm³/mol. The van der Waals surface area contributed by atoms with Crippen LogP contribution in [0.25, 0.3) is 0 Å². The Hall–Kier alpha value is -0.570. The summed E-state index contributed by atoms with van der Waals surface area (Å²) in [6, 6.07) is 8.94. The van der Waals surface area contributed by atoms with Crippen molar-refractivity contribution in [1.29, 1.82) is 0 Å². The third kappa shape index (κ3) is 3.21. The van der Waals surface area contributed by atoms with Gasteiger partial charge >= 0.3 is 0 Å². The molecular weight excluding hydrogens is 234 g/mol. The highest BCUT2D eigenvalue weighted by Crippen LogP contribution is 2.37. The molecule has 1 aromatic carbocycles. The third-order valence-electron chi connectivity index (χ3n) is 3.64. The lowest BCUT2D eigenvalue weighted by Crippen LogP contribution is -2.46. The molecule has 0 aromatic heterocycles. The maximum Gasteiger partial charge on any atom is 0.0584 e. The monoisotopic (exact) mass is 253 g/mol. The normalized spacial score (nSPS) is 25.4. The minimum atomic E-state index is 0.231. The molecular formula is C14H20ClNO. The molecule has 1 atom stereocenters. The first kappa shape index (κ1) is 12.9. The minimum Gasteiger partial charge on any atom is -0.395 e. The van der Waals surface area contributed by atoms with Gasteiger partial charge in [-0.2, -0.15) is 0 Å². The first-order valence-electron chi connectivity index (χ1n) is 6.35. The predicted octanol–water partition coefficient (Wildman–Crippen LogP) is 2.95. The standard InChI is InChI=1S/C14H20ClNO/c1-2-13(9-17)16-14-7-11(8-14)10-4-3-5-12(15)6-10/h3-6,11,13-14,16-17H,2,7-9H2,1H3. The van der Waals surface area contributed by atoms with Crippen LogP contribution >= 0.6 is 11.6 Å². The van der Waals surface area contributed by atoms with E-state index >= 15 is 0 Å². The first-order chi connectivity index (χ1) is 8.22. The smallest absolute Gasteiger partial charge is 0.0584 e. The highest BCUT2D eigenvalue weighted by atomic mass is 35.5. The molecule has 1 aliphatic carbocycles. The van der Waals surface area contributed by atoms with Crippen LogP contribution < -0.4 is 5.32 Å². The molecule has 1 fully saturated rings. The highest BCUT2D eigenvalue weighted by molar-refractivity contribution is 6.30. The Bertz CT molecular complexity index is 359. The second-order valence-electron chi connectivity index (χ2n) is 4.87. The molecule has 2 N–H and O–H groups in total. The summed E-state index contributed by atoms with van der Waals surface area (Å²) < 4.78 is 0. The van der Waals surface area contributed by atoms with E-state index in [0.29, 0.717) is 12.0 Å². The van der Waals surface area contributed by atoms with Crippen LogP contribution in [0, 0.1) is 0 Å². The summed E-state index contributed by atoms with van der Waals surface area (Å²) in [5, 5.41) is 13.4. The van der Waals surface area contributed by atoms with Gasteiger partial charge < -0.3 is 10.4 Å². The molecule has 2 rings (SSSR count). The van der Waals surface area contributed by atoms with Crippen LogP contribution in [0.4, 0.5) is 0 Å². The molecule has 0 radical (unpaired) electrons. The Morgan fingerprint density at radius 2 is 2.24 bits per heavy atom. The van der Waals surface area contributed by atoms with Gasteiger partial charge in [-0.05, 0) is 42.9 Å². The van der Waals surface area contributed by atoms with Crippen molar-refractivity contribution in [2.45, 2.75) is 44.2 Å². The number of benzene rings is 1. The van der Waals surface area contributed by atoms with Crippen molar-refractivity contribution in [3.8, 4) is 0 Å². The Labute approximate surface area is 108 Å². The second-order valence-corrected chi connectivity index (χ2v) is 5.31. The summed E-state index contributed by atoms with van der Waals surface area (Å²) in [7, 11) is 0. The molecule has 0 aliphatic heterocycles.